The molecule has 0 aromatic carbocycles. The monoisotopic (exact) mass is 206 g/mol. The normalized spacial score (nSPS) is 26.9. The highest BCUT2D eigenvalue weighted by Crippen LogP contribution is 2.34. The van der Waals surface area contributed by atoms with Crippen LogP contribution in [-0.4, -0.2) is 14.5 Å². The Morgan fingerprint density at radius 3 is 3.07 bits per heavy atom. The zero-order valence-corrected chi connectivity index (χ0v) is 9.13. The predicted molar refractivity (Wildman–Crippen MR) is 60.8 cm³/mol. The predicted octanol–water partition coefficient (Wildman–Crippen LogP) is 3.02. The van der Waals surface area contributed by atoms with Crippen LogP contribution in [0.2, 0.25) is 5.82 Å². The third-order valence-electron chi connectivity index (χ3n) is 2.87. The van der Waals surface area contributed by atoms with E-state index >= 15 is 0 Å². The summed E-state index contributed by atoms with van der Waals surface area (Å²) in [6.07, 6.45) is 3.69. The van der Waals surface area contributed by atoms with Crippen molar-refractivity contribution >= 4 is 19.2 Å². The van der Waals surface area contributed by atoms with Crippen LogP contribution in [0.3, 0.4) is 0 Å². The molecule has 2 rings (SSSR count). The van der Waals surface area contributed by atoms with Gasteiger partial charge in [0.15, 0.2) is 0 Å². The van der Waals surface area contributed by atoms with Crippen molar-refractivity contribution in [2.75, 3.05) is 6.61 Å². The van der Waals surface area contributed by atoms with Gasteiger partial charge in [0.25, 0.3) is 0 Å². The minimum Gasteiger partial charge on any atom is -0.376 e. The number of hydrogen-bond acceptors (Lipinski definition) is 2. The lowest BCUT2D eigenvalue weighted by Gasteiger charge is -2.14. The maximum absolute atomic E-state index is 5.96. The highest BCUT2D eigenvalue weighted by Gasteiger charge is 2.22. The molecule has 14 heavy (non-hydrogen) atoms. The lowest BCUT2D eigenvalue weighted by Crippen LogP contribution is -2.10. The van der Waals surface area contributed by atoms with Gasteiger partial charge < -0.3 is 4.74 Å². The largest absolute Gasteiger partial charge is 0.376 e. The molecule has 0 spiro atoms. The van der Waals surface area contributed by atoms with Crippen LogP contribution < -0.4 is 0 Å². The molecule has 2 radical (unpaired) electrons. The average Bonchev–Trinajstić information content (AvgIpc) is 2.78. The van der Waals surface area contributed by atoms with E-state index in [2.05, 4.69) is 17.5 Å². The van der Waals surface area contributed by atoms with Crippen molar-refractivity contribution in [3.05, 3.63) is 22.4 Å². The van der Waals surface area contributed by atoms with Crippen LogP contribution in [0.4, 0.5) is 0 Å². The molecule has 1 aromatic rings. The lowest BCUT2D eigenvalue weighted by molar-refractivity contribution is 0.0909. The standard InChI is InChI=1S/C11H15BOS/c12-11-5-1-3-9(11)7-13-8-10-4-2-6-14-10/h2,4,6,9,11H,1,3,5,7-8H2. The van der Waals surface area contributed by atoms with E-state index in [1.807, 2.05) is 0 Å². The van der Waals surface area contributed by atoms with Gasteiger partial charge in [0, 0.05) is 11.5 Å². The smallest absolute Gasteiger partial charge is 0.0809 e. The summed E-state index contributed by atoms with van der Waals surface area (Å²) < 4.78 is 5.66. The summed E-state index contributed by atoms with van der Waals surface area (Å²) in [5.74, 6) is 0.966. The van der Waals surface area contributed by atoms with Crippen LogP contribution >= 0.6 is 11.3 Å². The van der Waals surface area contributed by atoms with Crippen LogP contribution in [0.1, 0.15) is 24.1 Å². The summed E-state index contributed by atoms with van der Waals surface area (Å²) in [6.45, 7) is 1.58. The second kappa shape index (κ2) is 4.99. The maximum atomic E-state index is 5.96. The van der Waals surface area contributed by atoms with Crippen LogP contribution in [-0.2, 0) is 11.3 Å². The Morgan fingerprint density at radius 2 is 2.43 bits per heavy atom. The Bertz CT molecular complexity index is 260. The molecule has 74 valence electrons. The van der Waals surface area contributed by atoms with Gasteiger partial charge in [-0.05, 0) is 23.8 Å². The highest BCUT2D eigenvalue weighted by molar-refractivity contribution is 7.09. The van der Waals surface area contributed by atoms with Crippen molar-refractivity contribution in [3.63, 3.8) is 0 Å². The molecule has 1 heterocycles. The van der Waals surface area contributed by atoms with Crippen LogP contribution in [0.15, 0.2) is 17.5 Å². The first-order chi connectivity index (χ1) is 6.86. The first kappa shape index (κ1) is 10.2. The molecule has 1 saturated carbocycles. The molecule has 1 fully saturated rings. The van der Waals surface area contributed by atoms with E-state index in [9.17, 15) is 0 Å². The first-order valence-corrected chi connectivity index (χ1v) is 6.10. The molecular formula is C11H15BOS. The van der Waals surface area contributed by atoms with Gasteiger partial charge in [-0.25, -0.2) is 0 Å². The van der Waals surface area contributed by atoms with Crippen molar-refractivity contribution in [3.8, 4) is 0 Å². The molecule has 0 N–H and O–H groups in total. The van der Waals surface area contributed by atoms with E-state index in [1.54, 1.807) is 11.3 Å². The number of rotatable bonds is 4. The Morgan fingerprint density at radius 1 is 1.50 bits per heavy atom. The SMILES string of the molecule is [B]C1CCCC1COCc1cccs1. The molecule has 0 aliphatic heterocycles. The fourth-order valence-corrected chi connectivity index (χ4v) is 2.62. The van der Waals surface area contributed by atoms with E-state index in [-0.39, 0.29) is 0 Å². The van der Waals surface area contributed by atoms with Gasteiger partial charge in [0.2, 0.25) is 0 Å². The zero-order chi connectivity index (χ0) is 9.80. The summed E-state index contributed by atoms with van der Waals surface area (Å²) in [6, 6.07) is 4.17. The molecule has 0 bridgehead atoms. The highest BCUT2D eigenvalue weighted by atomic mass is 32.1. The van der Waals surface area contributed by atoms with Crippen molar-refractivity contribution < 1.29 is 4.74 Å². The van der Waals surface area contributed by atoms with Crippen LogP contribution in [0.25, 0.3) is 0 Å². The van der Waals surface area contributed by atoms with E-state index in [0.29, 0.717) is 11.7 Å². The molecule has 1 aliphatic carbocycles. The van der Waals surface area contributed by atoms with Gasteiger partial charge >= 0.3 is 0 Å². The molecule has 2 atom stereocenters. The van der Waals surface area contributed by atoms with Gasteiger partial charge in [0.1, 0.15) is 0 Å². The molecular weight excluding hydrogens is 191 g/mol. The zero-order valence-electron chi connectivity index (χ0n) is 8.32. The molecule has 3 heteroatoms. The average molecular weight is 206 g/mol. The quantitative estimate of drug-likeness (QED) is 0.688. The van der Waals surface area contributed by atoms with E-state index in [0.717, 1.165) is 13.2 Å². The second-order valence-corrected chi connectivity index (χ2v) is 4.98. The van der Waals surface area contributed by atoms with E-state index in [4.69, 9.17) is 12.6 Å². The molecule has 0 amide bonds. The first-order valence-electron chi connectivity index (χ1n) is 5.22. The minimum absolute atomic E-state index is 0.373. The Kier molecular flexibility index (Phi) is 3.65. The van der Waals surface area contributed by atoms with Gasteiger partial charge in [-0.2, -0.15) is 0 Å². The van der Waals surface area contributed by atoms with E-state index in [1.165, 1.54) is 24.1 Å². The Balaban J connectivity index is 1.68. The summed E-state index contributed by atoms with van der Waals surface area (Å²) in [5.41, 5.74) is 0. The maximum Gasteiger partial charge on any atom is 0.0809 e. The van der Waals surface area contributed by atoms with Gasteiger partial charge in [-0.1, -0.05) is 24.7 Å². The van der Waals surface area contributed by atoms with Crippen molar-refractivity contribution in [2.45, 2.75) is 31.7 Å². The lowest BCUT2D eigenvalue weighted by atomic mass is 9.79. The summed E-state index contributed by atoms with van der Waals surface area (Å²) in [7, 11) is 5.96. The molecule has 1 nitrogen and oxygen atoms in total. The van der Waals surface area contributed by atoms with Crippen LogP contribution in [0.5, 0.6) is 0 Å². The van der Waals surface area contributed by atoms with Gasteiger partial charge in [-0.3, -0.25) is 0 Å². The van der Waals surface area contributed by atoms with Gasteiger partial charge in [-0.15, -0.1) is 11.3 Å². The fourth-order valence-electron chi connectivity index (χ4n) is 1.98. The number of ether oxygens (including phenoxy) is 1. The second-order valence-electron chi connectivity index (χ2n) is 3.95. The third kappa shape index (κ3) is 2.61. The Hall–Kier alpha value is -0.275. The number of thiophene rings is 1. The summed E-state index contributed by atoms with van der Waals surface area (Å²) in [4.78, 5) is 1.30. The summed E-state index contributed by atoms with van der Waals surface area (Å²) >= 11 is 1.75. The minimum atomic E-state index is 0.373. The molecule has 2 unspecified atom stereocenters. The fraction of sp³-hybridized carbons (Fsp3) is 0.636. The topological polar surface area (TPSA) is 9.23 Å². The third-order valence-corrected chi connectivity index (χ3v) is 3.72. The van der Waals surface area contributed by atoms with Crippen LogP contribution in [0, 0.1) is 5.92 Å². The molecule has 1 aliphatic rings. The van der Waals surface area contributed by atoms with Crippen molar-refractivity contribution in [2.24, 2.45) is 5.92 Å². The molecule has 0 saturated heterocycles. The van der Waals surface area contributed by atoms with Gasteiger partial charge in [0.05, 0.1) is 14.5 Å². The Labute approximate surface area is 90.9 Å². The number of hydrogen-bond donors (Lipinski definition) is 0. The summed E-state index contributed by atoms with van der Waals surface area (Å²) in [5, 5.41) is 2.08. The molecule has 1 aromatic heterocycles. The van der Waals surface area contributed by atoms with E-state index < -0.39 is 0 Å². The van der Waals surface area contributed by atoms with Crippen molar-refractivity contribution in [1.82, 2.24) is 0 Å². The van der Waals surface area contributed by atoms with Crippen molar-refractivity contribution in [1.29, 1.82) is 0 Å².